The minimum Gasteiger partial charge on any atom is -0.494 e. The first-order chi connectivity index (χ1) is 14.3. The molecule has 0 saturated heterocycles. The first-order valence-electron chi connectivity index (χ1n) is 8.73. The molecular formula is C17H22N2O12. The molecule has 1 amide bonds. The molecule has 14 nitrogen and oxygen atoms in total. The van der Waals surface area contributed by atoms with Gasteiger partial charge in [0.1, 0.15) is 17.8 Å². The fourth-order valence-electron chi connectivity index (χ4n) is 2.17. The van der Waals surface area contributed by atoms with Gasteiger partial charge in [0, 0.05) is 6.07 Å². The molecule has 0 radical (unpaired) electrons. The topological polar surface area (TPSA) is 222 Å². The lowest BCUT2D eigenvalue weighted by Gasteiger charge is -2.20. The van der Waals surface area contributed by atoms with Crippen molar-refractivity contribution >= 4 is 35.5 Å². The highest BCUT2D eigenvalue weighted by Crippen LogP contribution is 2.37. The monoisotopic (exact) mass is 446 g/mol. The van der Waals surface area contributed by atoms with E-state index >= 15 is 0 Å². The Labute approximate surface area is 174 Å². The Hall–Kier alpha value is -3.81. The molecule has 0 saturated carbocycles. The van der Waals surface area contributed by atoms with Gasteiger partial charge in [-0.05, 0) is 20.8 Å². The highest BCUT2D eigenvalue weighted by molar-refractivity contribution is 5.95. The molecule has 0 spiro atoms. The van der Waals surface area contributed by atoms with Crippen LogP contribution in [0.4, 0.5) is 5.69 Å². The zero-order valence-electron chi connectivity index (χ0n) is 16.6. The Bertz CT molecular complexity index is 875. The number of hydrogen-bond donors (Lipinski definition) is 6. The second-order valence-electron chi connectivity index (χ2n) is 6.38. The second kappa shape index (κ2) is 10.3. The Morgan fingerprint density at radius 1 is 1.00 bits per heavy atom. The number of carboxylic acids is 2. The van der Waals surface area contributed by atoms with Crippen molar-refractivity contribution in [3.8, 4) is 11.8 Å². The summed E-state index contributed by atoms with van der Waals surface area (Å²) in [6.45, 7) is 3.16. The SMILES string of the molecule is CC(O)C(=O)Nc1cc(O)n(C(CC(=O)OC(C)C(=O)O)C(=O)OC(C)C(=O)O)c1O. The molecule has 4 unspecified atom stereocenters. The van der Waals surface area contributed by atoms with E-state index in [1.54, 1.807) is 0 Å². The van der Waals surface area contributed by atoms with E-state index in [1.165, 1.54) is 0 Å². The van der Waals surface area contributed by atoms with E-state index in [4.69, 9.17) is 10.2 Å². The van der Waals surface area contributed by atoms with Gasteiger partial charge in [0.05, 0.1) is 6.42 Å². The molecule has 1 heterocycles. The first kappa shape index (κ1) is 25.2. The second-order valence-corrected chi connectivity index (χ2v) is 6.38. The van der Waals surface area contributed by atoms with Gasteiger partial charge in [-0.2, -0.15) is 0 Å². The predicted octanol–water partition coefficient (Wildman–Crippen LogP) is -0.818. The van der Waals surface area contributed by atoms with Crippen LogP contribution in [0, 0.1) is 0 Å². The summed E-state index contributed by atoms with van der Waals surface area (Å²) in [6, 6.07) is -1.10. The molecule has 0 aromatic carbocycles. The van der Waals surface area contributed by atoms with E-state index in [2.05, 4.69) is 14.8 Å². The van der Waals surface area contributed by atoms with Crippen LogP contribution < -0.4 is 5.32 Å². The van der Waals surface area contributed by atoms with Gasteiger partial charge >= 0.3 is 23.9 Å². The molecule has 1 aromatic heterocycles. The third-order valence-electron chi connectivity index (χ3n) is 3.87. The summed E-state index contributed by atoms with van der Waals surface area (Å²) in [4.78, 5) is 58.0. The molecule has 0 fully saturated rings. The van der Waals surface area contributed by atoms with Crippen molar-refractivity contribution < 1.29 is 59.0 Å². The van der Waals surface area contributed by atoms with Gasteiger partial charge < -0.3 is 40.3 Å². The van der Waals surface area contributed by atoms with Gasteiger partial charge in [-0.15, -0.1) is 0 Å². The maximum Gasteiger partial charge on any atom is 0.344 e. The minimum atomic E-state index is -1.90. The average Bonchev–Trinajstić information content (AvgIpc) is 2.92. The smallest absolute Gasteiger partial charge is 0.344 e. The number of carbonyl (C=O) groups is 5. The summed E-state index contributed by atoms with van der Waals surface area (Å²) in [5.74, 6) is -8.40. The lowest BCUT2D eigenvalue weighted by Crippen LogP contribution is -2.32. The van der Waals surface area contributed by atoms with Gasteiger partial charge in [0.25, 0.3) is 5.91 Å². The first-order valence-corrected chi connectivity index (χ1v) is 8.73. The number of esters is 2. The Morgan fingerprint density at radius 3 is 2.00 bits per heavy atom. The number of aliphatic carboxylic acids is 2. The number of amides is 1. The fourth-order valence-corrected chi connectivity index (χ4v) is 2.17. The molecular weight excluding hydrogens is 424 g/mol. The van der Waals surface area contributed by atoms with Gasteiger partial charge in [0.2, 0.25) is 5.88 Å². The Balaban J connectivity index is 3.30. The van der Waals surface area contributed by atoms with Gasteiger partial charge in [-0.25, -0.2) is 14.4 Å². The van der Waals surface area contributed by atoms with E-state index in [0.717, 1.165) is 26.8 Å². The quantitative estimate of drug-likeness (QED) is 0.243. The van der Waals surface area contributed by atoms with Crippen molar-refractivity contribution in [2.45, 2.75) is 51.5 Å². The maximum atomic E-state index is 12.5. The summed E-state index contributed by atoms with van der Waals surface area (Å²) >= 11 is 0. The number of aromatic hydroxyl groups is 2. The van der Waals surface area contributed by atoms with Crippen LogP contribution in [0.25, 0.3) is 0 Å². The summed E-state index contributed by atoms with van der Waals surface area (Å²) in [6.07, 6.45) is -5.72. The summed E-state index contributed by atoms with van der Waals surface area (Å²) < 4.78 is 9.74. The average molecular weight is 446 g/mol. The zero-order chi connectivity index (χ0) is 24.0. The lowest BCUT2D eigenvalue weighted by molar-refractivity contribution is -0.169. The van der Waals surface area contributed by atoms with Crippen LogP contribution in [0.5, 0.6) is 11.8 Å². The van der Waals surface area contributed by atoms with Gasteiger partial charge in [-0.3, -0.25) is 14.2 Å². The summed E-state index contributed by atoms with van der Waals surface area (Å²) in [5.41, 5.74) is -0.445. The number of rotatable bonds is 10. The number of anilines is 1. The molecule has 172 valence electrons. The zero-order valence-corrected chi connectivity index (χ0v) is 16.6. The number of carbonyl (C=O) groups excluding carboxylic acids is 3. The Morgan fingerprint density at radius 2 is 1.52 bits per heavy atom. The standard InChI is InChI=1S/C17H22N2O12/c1-6(20)13(23)18-9-4-11(21)19(14(9)24)10(17(29)31-8(3)16(27)28)5-12(22)30-7(2)15(25)26/h4,6-8,10,20-21,24H,5H2,1-3H3,(H,18,23)(H,25,26)(H,27,28). The molecule has 1 rings (SSSR count). The van der Waals surface area contributed by atoms with Gasteiger partial charge in [-0.1, -0.05) is 0 Å². The third kappa shape index (κ3) is 6.60. The van der Waals surface area contributed by atoms with E-state index in [0.29, 0.717) is 4.57 Å². The number of carboxylic acid groups (broad SMARTS) is 2. The highest BCUT2D eigenvalue weighted by Gasteiger charge is 2.34. The van der Waals surface area contributed by atoms with E-state index < -0.39 is 78.0 Å². The van der Waals surface area contributed by atoms with Crippen molar-refractivity contribution in [2.24, 2.45) is 0 Å². The van der Waals surface area contributed by atoms with Crippen LogP contribution in [0.3, 0.4) is 0 Å². The normalized spacial score (nSPS) is 14.6. The van der Waals surface area contributed by atoms with Crippen LogP contribution in [-0.4, -0.2) is 78.2 Å². The molecule has 31 heavy (non-hydrogen) atoms. The van der Waals surface area contributed by atoms with Crippen molar-refractivity contribution in [1.29, 1.82) is 0 Å². The molecule has 4 atom stereocenters. The Kier molecular flexibility index (Phi) is 8.37. The molecule has 1 aromatic rings. The van der Waals surface area contributed by atoms with Crippen LogP contribution >= 0.6 is 0 Å². The number of hydrogen-bond acceptors (Lipinski definition) is 10. The van der Waals surface area contributed by atoms with E-state index in [-0.39, 0.29) is 0 Å². The van der Waals surface area contributed by atoms with E-state index in [9.17, 15) is 39.3 Å². The minimum absolute atomic E-state index is 0.445. The largest absolute Gasteiger partial charge is 0.494 e. The predicted molar refractivity (Wildman–Crippen MR) is 98.1 cm³/mol. The number of aliphatic hydroxyl groups excluding tert-OH is 1. The number of ether oxygens (including phenoxy) is 2. The van der Waals surface area contributed by atoms with Crippen molar-refractivity contribution in [3.05, 3.63) is 6.07 Å². The van der Waals surface area contributed by atoms with Crippen LogP contribution in [0.15, 0.2) is 6.07 Å². The molecule has 6 N–H and O–H groups in total. The molecule has 0 aliphatic heterocycles. The van der Waals surface area contributed by atoms with Crippen LogP contribution in [0.2, 0.25) is 0 Å². The van der Waals surface area contributed by atoms with E-state index in [1.807, 2.05) is 0 Å². The maximum absolute atomic E-state index is 12.5. The van der Waals surface area contributed by atoms with Crippen molar-refractivity contribution in [1.82, 2.24) is 4.57 Å². The van der Waals surface area contributed by atoms with Gasteiger partial charge in [0.15, 0.2) is 18.1 Å². The highest BCUT2D eigenvalue weighted by atomic mass is 16.6. The molecule has 0 aliphatic carbocycles. The number of aromatic nitrogens is 1. The van der Waals surface area contributed by atoms with Crippen molar-refractivity contribution in [2.75, 3.05) is 5.32 Å². The summed E-state index contributed by atoms with van der Waals surface area (Å²) in [7, 11) is 0. The van der Waals surface area contributed by atoms with Crippen LogP contribution in [0.1, 0.15) is 33.2 Å². The van der Waals surface area contributed by atoms with Crippen molar-refractivity contribution in [3.63, 3.8) is 0 Å². The third-order valence-corrected chi connectivity index (χ3v) is 3.87. The number of nitrogens with zero attached hydrogens (tertiary/aromatic N) is 1. The molecule has 0 bridgehead atoms. The molecule has 0 aliphatic rings. The number of nitrogens with one attached hydrogen (secondary N) is 1. The lowest BCUT2D eigenvalue weighted by atomic mass is 10.2. The summed E-state index contributed by atoms with van der Waals surface area (Å²) in [5, 5.41) is 49.5. The fraction of sp³-hybridized carbons (Fsp3) is 0.471. The van der Waals surface area contributed by atoms with Crippen LogP contribution in [-0.2, 0) is 33.4 Å². The molecule has 14 heteroatoms. The number of aliphatic hydroxyl groups is 1.